The predicted octanol–water partition coefficient (Wildman–Crippen LogP) is 2.41. The number of aromatic nitrogens is 1. The van der Waals surface area contributed by atoms with Crippen molar-refractivity contribution < 1.29 is 9.32 Å². The summed E-state index contributed by atoms with van der Waals surface area (Å²) in [4.78, 5) is 14.4. The molecule has 1 amide bonds. The SMILES string of the molecule is Cc1noc(C)c1C(=O)N1CC(C)CC(C)C1. The van der Waals surface area contributed by atoms with Crippen LogP contribution in [0.25, 0.3) is 0 Å². The van der Waals surface area contributed by atoms with Gasteiger partial charge in [0.2, 0.25) is 0 Å². The molecule has 4 nitrogen and oxygen atoms in total. The largest absolute Gasteiger partial charge is 0.361 e. The zero-order valence-corrected chi connectivity index (χ0v) is 11.0. The molecule has 2 unspecified atom stereocenters. The monoisotopic (exact) mass is 236 g/mol. The van der Waals surface area contributed by atoms with E-state index >= 15 is 0 Å². The number of piperidine rings is 1. The number of carbonyl (C=O) groups is 1. The van der Waals surface area contributed by atoms with Crippen molar-refractivity contribution in [2.45, 2.75) is 34.1 Å². The van der Waals surface area contributed by atoms with Crippen LogP contribution in [-0.2, 0) is 0 Å². The molecule has 1 aliphatic rings. The first-order valence-electron chi connectivity index (χ1n) is 6.21. The molecule has 1 aromatic heterocycles. The fourth-order valence-electron chi connectivity index (χ4n) is 2.78. The zero-order chi connectivity index (χ0) is 12.6. The standard InChI is InChI=1S/C13H20N2O2/c1-8-5-9(2)7-15(6-8)13(16)12-10(3)14-17-11(12)4/h8-9H,5-7H2,1-4H3. The van der Waals surface area contributed by atoms with E-state index < -0.39 is 0 Å². The van der Waals surface area contributed by atoms with Crippen molar-refractivity contribution in [1.29, 1.82) is 0 Å². The van der Waals surface area contributed by atoms with Crippen LogP contribution in [0.2, 0.25) is 0 Å². The molecule has 0 aliphatic carbocycles. The molecular weight excluding hydrogens is 216 g/mol. The Morgan fingerprint density at radius 1 is 1.29 bits per heavy atom. The van der Waals surface area contributed by atoms with Gasteiger partial charge in [-0.25, -0.2) is 0 Å². The Balaban J connectivity index is 2.20. The second-order valence-corrected chi connectivity index (χ2v) is 5.36. The number of hydrogen-bond acceptors (Lipinski definition) is 3. The van der Waals surface area contributed by atoms with Crippen LogP contribution in [-0.4, -0.2) is 29.1 Å². The summed E-state index contributed by atoms with van der Waals surface area (Å²) in [7, 11) is 0. The molecule has 1 aromatic rings. The van der Waals surface area contributed by atoms with Gasteiger partial charge < -0.3 is 9.42 Å². The highest BCUT2D eigenvalue weighted by Crippen LogP contribution is 2.24. The maximum Gasteiger partial charge on any atom is 0.259 e. The van der Waals surface area contributed by atoms with Gasteiger partial charge in [0.15, 0.2) is 0 Å². The van der Waals surface area contributed by atoms with Gasteiger partial charge in [0.1, 0.15) is 11.3 Å². The second-order valence-electron chi connectivity index (χ2n) is 5.36. The van der Waals surface area contributed by atoms with Gasteiger partial charge in [-0.15, -0.1) is 0 Å². The molecule has 2 atom stereocenters. The van der Waals surface area contributed by atoms with E-state index in [-0.39, 0.29) is 5.91 Å². The Morgan fingerprint density at radius 2 is 1.88 bits per heavy atom. The summed E-state index contributed by atoms with van der Waals surface area (Å²) in [5.41, 5.74) is 1.34. The summed E-state index contributed by atoms with van der Waals surface area (Å²) in [6.45, 7) is 9.69. The number of aryl methyl sites for hydroxylation is 2. The van der Waals surface area contributed by atoms with Crippen LogP contribution in [0, 0.1) is 25.7 Å². The first-order valence-corrected chi connectivity index (χ1v) is 6.21. The van der Waals surface area contributed by atoms with Crippen LogP contribution in [0.4, 0.5) is 0 Å². The average Bonchev–Trinajstić information content (AvgIpc) is 2.56. The van der Waals surface area contributed by atoms with E-state index in [9.17, 15) is 4.79 Å². The van der Waals surface area contributed by atoms with Crippen molar-refractivity contribution in [2.75, 3.05) is 13.1 Å². The van der Waals surface area contributed by atoms with E-state index in [1.807, 2.05) is 11.8 Å². The zero-order valence-electron chi connectivity index (χ0n) is 11.0. The normalized spacial score (nSPS) is 25.1. The number of nitrogens with zero attached hydrogens (tertiary/aromatic N) is 2. The van der Waals surface area contributed by atoms with Crippen LogP contribution >= 0.6 is 0 Å². The predicted molar refractivity (Wildman–Crippen MR) is 64.8 cm³/mol. The van der Waals surface area contributed by atoms with Crippen molar-refractivity contribution in [3.05, 3.63) is 17.0 Å². The van der Waals surface area contributed by atoms with Crippen molar-refractivity contribution in [2.24, 2.45) is 11.8 Å². The van der Waals surface area contributed by atoms with Gasteiger partial charge in [-0.2, -0.15) is 0 Å². The third-order valence-electron chi connectivity index (χ3n) is 3.40. The highest BCUT2D eigenvalue weighted by atomic mass is 16.5. The van der Waals surface area contributed by atoms with Crippen LogP contribution in [0.15, 0.2) is 4.52 Å². The highest BCUT2D eigenvalue weighted by Gasteiger charge is 2.29. The molecule has 1 aliphatic heterocycles. The third kappa shape index (κ3) is 2.35. The quantitative estimate of drug-likeness (QED) is 0.752. The maximum absolute atomic E-state index is 12.4. The van der Waals surface area contributed by atoms with E-state index in [0.29, 0.717) is 28.9 Å². The number of amides is 1. The van der Waals surface area contributed by atoms with Gasteiger partial charge in [-0.1, -0.05) is 19.0 Å². The number of likely N-dealkylation sites (tertiary alicyclic amines) is 1. The highest BCUT2D eigenvalue weighted by molar-refractivity contribution is 5.96. The van der Waals surface area contributed by atoms with Crippen LogP contribution in [0.5, 0.6) is 0 Å². The summed E-state index contributed by atoms with van der Waals surface area (Å²) in [5.74, 6) is 1.84. The maximum atomic E-state index is 12.4. The Bertz CT molecular complexity index is 396. The van der Waals surface area contributed by atoms with Crippen molar-refractivity contribution in [3.63, 3.8) is 0 Å². The lowest BCUT2D eigenvalue weighted by Gasteiger charge is -2.34. The molecule has 0 radical (unpaired) electrons. The van der Waals surface area contributed by atoms with Crippen molar-refractivity contribution in [1.82, 2.24) is 10.1 Å². The van der Waals surface area contributed by atoms with E-state index in [0.717, 1.165) is 13.1 Å². The van der Waals surface area contributed by atoms with E-state index in [1.165, 1.54) is 6.42 Å². The van der Waals surface area contributed by atoms with Crippen LogP contribution in [0.3, 0.4) is 0 Å². The molecule has 0 aromatic carbocycles. The summed E-state index contributed by atoms with van der Waals surface area (Å²) in [6.07, 6.45) is 1.20. The molecule has 94 valence electrons. The van der Waals surface area contributed by atoms with Gasteiger partial charge >= 0.3 is 0 Å². The molecule has 4 heteroatoms. The first kappa shape index (κ1) is 12.1. The molecule has 0 bridgehead atoms. The lowest BCUT2D eigenvalue weighted by molar-refractivity contribution is 0.0620. The average molecular weight is 236 g/mol. The lowest BCUT2D eigenvalue weighted by atomic mass is 9.91. The Morgan fingerprint density at radius 3 is 2.35 bits per heavy atom. The number of rotatable bonds is 1. The molecule has 2 rings (SSSR count). The number of hydrogen-bond donors (Lipinski definition) is 0. The van der Waals surface area contributed by atoms with E-state index in [1.54, 1.807) is 6.92 Å². The first-order chi connectivity index (χ1) is 7.99. The minimum absolute atomic E-state index is 0.0691. The van der Waals surface area contributed by atoms with Crippen molar-refractivity contribution in [3.8, 4) is 0 Å². The summed E-state index contributed by atoms with van der Waals surface area (Å²) >= 11 is 0. The van der Waals surface area contributed by atoms with Gasteiger partial charge in [-0.3, -0.25) is 4.79 Å². The van der Waals surface area contributed by atoms with Gasteiger partial charge in [0.05, 0.1) is 5.69 Å². The molecule has 0 saturated carbocycles. The minimum Gasteiger partial charge on any atom is -0.361 e. The molecule has 2 heterocycles. The summed E-state index contributed by atoms with van der Waals surface area (Å²) in [5, 5.41) is 3.85. The molecule has 1 fully saturated rings. The third-order valence-corrected chi connectivity index (χ3v) is 3.40. The van der Waals surface area contributed by atoms with Gasteiger partial charge in [0, 0.05) is 13.1 Å². The van der Waals surface area contributed by atoms with E-state index in [2.05, 4.69) is 19.0 Å². The Labute approximate surface area is 102 Å². The van der Waals surface area contributed by atoms with Gasteiger partial charge in [-0.05, 0) is 32.1 Å². The van der Waals surface area contributed by atoms with Crippen LogP contribution < -0.4 is 0 Å². The Kier molecular flexibility index (Phi) is 3.22. The molecular formula is C13H20N2O2. The Hall–Kier alpha value is -1.32. The topological polar surface area (TPSA) is 46.3 Å². The second kappa shape index (κ2) is 4.51. The van der Waals surface area contributed by atoms with Crippen LogP contribution in [0.1, 0.15) is 42.1 Å². The van der Waals surface area contributed by atoms with E-state index in [4.69, 9.17) is 4.52 Å². The lowest BCUT2D eigenvalue weighted by Crippen LogP contribution is -2.42. The molecule has 0 N–H and O–H groups in total. The molecule has 17 heavy (non-hydrogen) atoms. The summed E-state index contributed by atoms with van der Waals surface area (Å²) in [6, 6.07) is 0. The minimum atomic E-state index is 0.0691. The smallest absolute Gasteiger partial charge is 0.259 e. The fraction of sp³-hybridized carbons (Fsp3) is 0.692. The van der Waals surface area contributed by atoms with Gasteiger partial charge in [0.25, 0.3) is 5.91 Å². The molecule has 1 saturated heterocycles. The fourth-order valence-corrected chi connectivity index (χ4v) is 2.78. The molecule has 0 spiro atoms. The van der Waals surface area contributed by atoms with Crippen molar-refractivity contribution >= 4 is 5.91 Å². The number of carbonyl (C=O) groups excluding carboxylic acids is 1. The summed E-state index contributed by atoms with van der Waals surface area (Å²) < 4.78 is 5.06.